The van der Waals surface area contributed by atoms with Crippen LogP contribution in [0.25, 0.3) is 0 Å². The Morgan fingerprint density at radius 3 is 2.87 bits per heavy atom. The van der Waals surface area contributed by atoms with Crippen molar-refractivity contribution < 1.29 is 9.59 Å². The fourth-order valence-corrected chi connectivity index (χ4v) is 3.87. The zero-order chi connectivity index (χ0) is 15.8. The summed E-state index contributed by atoms with van der Waals surface area (Å²) in [5.74, 6) is 0.885. The molecule has 23 heavy (non-hydrogen) atoms. The molecule has 1 aliphatic carbocycles. The molecule has 1 aromatic heterocycles. The number of piperidine rings is 1. The van der Waals surface area contributed by atoms with Crippen LogP contribution in [0.1, 0.15) is 38.1 Å². The lowest BCUT2D eigenvalue weighted by Crippen LogP contribution is -2.44. The third-order valence-electron chi connectivity index (χ3n) is 5.39. The van der Waals surface area contributed by atoms with Crippen molar-refractivity contribution in [2.75, 3.05) is 26.2 Å². The van der Waals surface area contributed by atoms with Gasteiger partial charge in [0.1, 0.15) is 0 Å². The fraction of sp³-hybridized carbons (Fsp3) is 0.706. The first-order valence-corrected chi connectivity index (χ1v) is 8.74. The molecular formula is C17H24N4O2. The Bertz CT molecular complexity index is 581. The monoisotopic (exact) mass is 316 g/mol. The van der Waals surface area contributed by atoms with E-state index in [1.165, 1.54) is 12.8 Å². The maximum Gasteiger partial charge on any atom is 0.228 e. The Balaban J connectivity index is 1.37. The summed E-state index contributed by atoms with van der Waals surface area (Å²) >= 11 is 0. The molecule has 2 atom stereocenters. The summed E-state index contributed by atoms with van der Waals surface area (Å²) in [6.45, 7) is 3.04. The van der Waals surface area contributed by atoms with E-state index in [0.29, 0.717) is 24.9 Å². The minimum absolute atomic E-state index is 0.136. The van der Waals surface area contributed by atoms with Gasteiger partial charge >= 0.3 is 0 Å². The van der Waals surface area contributed by atoms with Gasteiger partial charge in [-0.25, -0.2) is 4.98 Å². The van der Waals surface area contributed by atoms with Crippen molar-refractivity contribution in [3.05, 3.63) is 18.7 Å². The van der Waals surface area contributed by atoms with Gasteiger partial charge in [0.25, 0.3) is 0 Å². The van der Waals surface area contributed by atoms with Crippen LogP contribution in [-0.4, -0.2) is 57.3 Å². The highest BCUT2D eigenvalue weighted by Gasteiger charge is 2.39. The summed E-state index contributed by atoms with van der Waals surface area (Å²) in [6, 6.07) is 0.315. The zero-order valence-corrected chi connectivity index (χ0v) is 13.4. The average molecular weight is 316 g/mol. The molecule has 1 saturated carbocycles. The van der Waals surface area contributed by atoms with Gasteiger partial charge < -0.3 is 14.4 Å². The largest absolute Gasteiger partial charge is 0.342 e. The molecule has 1 aromatic rings. The smallest absolute Gasteiger partial charge is 0.228 e. The van der Waals surface area contributed by atoms with Gasteiger partial charge in [0.05, 0.1) is 18.3 Å². The molecule has 0 N–H and O–H groups in total. The van der Waals surface area contributed by atoms with Crippen molar-refractivity contribution >= 4 is 11.8 Å². The lowest BCUT2D eigenvalue weighted by atomic mass is 10.0. The molecule has 0 bridgehead atoms. The van der Waals surface area contributed by atoms with E-state index in [1.807, 2.05) is 22.3 Å². The minimum atomic E-state index is -0.136. The van der Waals surface area contributed by atoms with Crippen molar-refractivity contribution in [3.8, 4) is 0 Å². The second-order valence-corrected chi connectivity index (χ2v) is 7.23. The third kappa shape index (κ3) is 3.12. The second kappa shape index (κ2) is 5.98. The predicted octanol–water partition coefficient (Wildman–Crippen LogP) is 1.31. The molecule has 6 nitrogen and oxygen atoms in total. The van der Waals surface area contributed by atoms with Crippen LogP contribution in [0, 0.1) is 11.8 Å². The summed E-state index contributed by atoms with van der Waals surface area (Å²) < 4.78 is 2.10. The van der Waals surface area contributed by atoms with Crippen molar-refractivity contribution in [1.82, 2.24) is 19.4 Å². The van der Waals surface area contributed by atoms with Crippen LogP contribution in [0.3, 0.4) is 0 Å². The first kappa shape index (κ1) is 14.7. The predicted molar refractivity (Wildman–Crippen MR) is 84.5 cm³/mol. The maximum atomic E-state index is 12.8. The number of aromatic nitrogens is 2. The Kier molecular flexibility index (Phi) is 3.83. The van der Waals surface area contributed by atoms with E-state index in [2.05, 4.69) is 9.55 Å². The number of amides is 2. The maximum absolute atomic E-state index is 12.8. The number of rotatable bonds is 4. The second-order valence-electron chi connectivity index (χ2n) is 7.23. The van der Waals surface area contributed by atoms with Crippen LogP contribution in [-0.2, 0) is 9.59 Å². The van der Waals surface area contributed by atoms with E-state index in [9.17, 15) is 9.59 Å². The normalized spacial score (nSPS) is 28.4. The quantitative estimate of drug-likeness (QED) is 0.841. The van der Waals surface area contributed by atoms with Crippen LogP contribution >= 0.6 is 0 Å². The standard InChI is InChI=1S/C17H24N4O2/c22-16-8-14(10-21(16)9-13-3-4-13)17(23)19-6-1-2-15(11-19)20-7-5-18-12-20/h5,7,12-15H,1-4,6,8-11H2/t14-,15-/m0/s1. The van der Waals surface area contributed by atoms with Crippen molar-refractivity contribution in [2.45, 2.75) is 38.1 Å². The first-order valence-electron chi connectivity index (χ1n) is 8.74. The number of carbonyl (C=O) groups is 2. The molecule has 0 spiro atoms. The van der Waals surface area contributed by atoms with E-state index >= 15 is 0 Å². The van der Waals surface area contributed by atoms with Gasteiger partial charge in [-0.3, -0.25) is 9.59 Å². The van der Waals surface area contributed by atoms with Gasteiger partial charge in [-0.2, -0.15) is 0 Å². The molecule has 0 unspecified atom stereocenters. The summed E-state index contributed by atoms with van der Waals surface area (Å²) in [7, 11) is 0. The van der Waals surface area contributed by atoms with Crippen LogP contribution in [0.15, 0.2) is 18.7 Å². The first-order chi connectivity index (χ1) is 11.2. The Hall–Kier alpha value is -1.85. The van der Waals surface area contributed by atoms with Gasteiger partial charge in [-0.15, -0.1) is 0 Å². The highest BCUT2D eigenvalue weighted by Crippen LogP contribution is 2.32. The molecule has 3 fully saturated rings. The van der Waals surface area contributed by atoms with Crippen molar-refractivity contribution in [3.63, 3.8) is 0 Å². The fourth-order valence-electron chi connectivity index (χ4n) is 3.87. The third-order valence-corrected chi connectivity index (χ3v) is 5.39. The van der Waals surface area contributed by atoms with Gasteiger partial charge in [-0.1, -0.05) is 0 Å². The summed E-state index contributed by atoms with van der Waals surface area (Å²) in [5.41, 5.74) is 0. The molecule has 0 aromatic carbocycles. The van der Waals surface area contributed by atoms with Crippen LogP contribution in [0.4, 0.5) is 0 Å². The SMILES string of the molecule is O=C1C[C@H](C(=O)N2CCC[C@H](n3ccnc3)C2)CN1CC1CC1. The van der Waals surface area contributed by atoms with E-state index in [1.54, 1.807) is 6.20 Å². The Morgan fingerprint density at radius 1 is 1.26 bits per heavy atom. The zero-order valence-electron chi connectivity index (χ0n) is 13.4. The molecule has 3 heterocycles. The van der Waals surface area contributed by atoms with Gasteiger partial charge in [0.2, 0.25) is 11.8 Å². The lowest BCUT2D eigenvalue weighted by Gasteiger charge is -2.34. The van der Waals surface area contributed by atoms with E-state index in [-0.39, 0.29) is 17.7 Å². The van der Waals surface area contributed by atoms with Crippen molar-refractivity contribution in [2.24, 2.45) is 11.8 Å². The molecule has 3 aliphatic rings. The van der Waals surface area contributed by atoms with E-state index < -0.39 is 0 Å². The lowest BCUT2D eigenvalue weighted by molar-refractivity contribution is -0.137. The highest BCUT2D eigenvalue weighted by atomic mass is 16.2. The summed E-state index contributed by atoms with van der Waals surface area (Å²) in [4.78, 5) is 32.9. The number of imidazole rings is 1. The number of hydrogen-bond donors (Lipinski definition) is 0. The minimum Gasteiger partial charge on any atom is -0.342 e. The molecule has 2 saturated heterocycles. The summed E-state index contributed by atoms with van der Waals surface area (Å²) in [6.07, 6.45) is 10.6. The number of nitrogens with zero attached hydrogens (tertiary/aromatic N) is 4. The average Bonchev–Trinajstić information content (AvgIpc) is 3.08. The highest BCUT2D eigenvalue weighted by molar-refractivity contribution is 5.89. The molecule has 6 heteroatoms. The van der Waals surface area contributed by atoms with Gasteiger partial charge in [-0.05, 0) is 31.6 Å². The van der Waals surface area contributed by atoms with Crippen LogP contribution < -0.4 is 0 Å². The van der Waals surface area contributed by atoms with E-state index in [0.717, 1.165) is 32.5 Å². The topological polar surface area (TPSA) is 58.4 Å². The number of likely N-dealkylation sites (tertiary alicyclic amines) is 2. The van der Waals surface area contributed by atoms with E-state index in [4.69, 9.17) is 0 Å². The summed E-state index contributed by atoms with van der Waals surface area (Å²) in [5, 5.41) is 0. The van der Waals surface area contributed by atoms with Crippen molar-refractivity contribution in [1.29, 1.82) is 0 Å². The Morgan fingerprint density at radius 2 is 2.13 bits per heavy atom. The molecular weight excluding hydrogens is 292 g/mol. The van der Waals surface area contributed by atoms with Crippen LogP contribution in [0.5, 0.6) is 0 Å². The molecule has 2 amide bonds. The number of hydrogen-bond acceptors (Lipinski definition) is 3. The molecule has 4 rings (SSSR count). The molecule has 2 aliphatic heterocycles. The molecule has 0 radical (unpaired) electrons. The van der Waals surface area contributed by atoms with Crippen LogP contribution in [0.2, 0.25) is 0 Å². The number of carbonyl (C=O) groups excluding carboxylic acids is 2. The van der Waals surface area contributed by atoms with Gasteiger partial charge in [0, 0.05) is 45.0 Å². The molecule has 124 valence electrons. The van der Waals surface area contributed by atoms with Gasteiger partial charge in [0.15, 0.2) is 0 Å². The Labute approximate surface area is 136 Å².